The standard InChI is InChI=1S/C15H13N3O2/c1-17(11-13-8-6-12(10-16)7-9-13)14-4-2-3-5-15(14)18(19)20/h2-9H,11H2,1H3. The second-order valence-corrected chi connectivity index (χ2v) is 4.41. The Bertz CT molecular complexity index is 660. The zero-order valence-corrected chi connectivity index (χ0v) is 11.0. The molecule has 0 aliphatic carbocycles. The zero-order chi connectivity index (χ0) is 14.5. The van der Waals surface area contributed by atoms with Crippen molar-refractivity contribution in [2.24, 2.45) is 0 Å². The van der Waals surface area contributed by atoms with Crippen molar-refractivity contribution in [3.05, 3.63) is 69.8 Å². The maximum atomic E-state index is 11.0. The van der Waals surface area contributed by atoms with Crippen LogP contribution < -0.4 is 4.90 Å². The summed E-state index contributed by atoms with van der Waals surface area (Å²) in [5, 5.41) is 19.8. The van der Waals surface area contributed by atoms with E-state index < -0.39 is 0 Å². The molecule has 0 bridgehead atoms. The molecule has 20 heavy (non-hydrogen) atoms. The van der Waals surface area contributed by atoms with Gasteiger partial charge in [-0.2, -0.15) is 5.26 Å². The minimum absolute atomic E-state index is 0.0867. The van der Waals surface area contributed by atoms with Gasteiger partial charge in [-0.25, -0.2) is 0 Å². The molecule has 0 amide bonds. The smallest absolute Gasteiger partial charge is 0.292 e. The summed E-state index contributed by atoms with van der Waals surface area (Å²) in [6.45, 7) is 0.538. The Balaban J connectivity index is 2.21. The normalized spacial score (nSPS) is 9.80. The first kappa shape index (κ1) is 13.6. The van der Waals surface area contributed by atoms with E-state index in [0.717, 1.165) is 5.56 Å². The maximum Gasteiger partial charge on any atom is 0.292 e. The minimum atomic E-state index is -0.384. The van der Waals surface area contributed by atoms with Crippen LogP contribution in [-0.4, -0.2) is 12.0 Å². The highest BCUT2D eigenvalue weighted by molar-refractivity contribution is 5.62. The van der Waals surface area contributed by atoms with Gasteiger partial charge in [0.15, 0.2) is 0 Å². The number of para-hydroxylation sites is 2. The van der Waals surface area contributed by atoms with Crippen molar-refractivity contribution in [1.82, 2.24) is 0 Å². The van der Waals surface area contributed by atoms with Crippen LogP contribution in [0.4, 0.5) is 11.4 Å². The van der Waals surface area contributed by atoms with Crippen LogP contribution in [0.15, 0.2) is 48.5 Å². The molecular formula is C15H13N3O2. The van der Waals surface area contributed by atoms with E-state index in [-0.39, 0.29) is 10.6 Å². The van der Waals surface area contributed by atoms with Crippen molar-refractivity contribution >= 4 is 11.4 Å². The number of nitro groups is 1. The van der Waals surface area contributed by atoms with E-state index in [4.69, 9.17) is 5.26 Å². The number of rotatable bonds is 4. The Hall–Kier alpha value is -2.87. The SMILES string of the molecule is CN(Cc1ccc(C#N)cc1)c1ccccc1[N+](=O)[O-]. The minimum Gasteiger partial charge on any atom is -0.365 e. The third-order valence-corrected chi connectivity index (χ3v) is 2.99. The van der Waals surface area contributed by atoms with Gasteiger partial charge in [0.2, 0.25) is 0 Å². The number of nitro benzene ring substituents is 1. The molecule has 0 radical (unpaired) electrons. The molecule has 0 N–H and O–H groups in total. The lowest BCUT2D eigenvalue weighted by Crippen LogP contribution is -2.17. The molecular weight excluding hydrogens is 254 g/mol. The van der Waals surface area contributed by atoms with Crippen molar-refractivity contribution in [2.45, 2.75) is 6.54 Å². The number of benzene rings is 2. The van der Waals surface area contributed by atoms with Crippen molar-refractivity contribution in [2.75, 3.05) is 11.9 Å². The van der Waals surface area contributed by atoms with Gasteiger partial charge in [0.25, 0.3) is 5.69 Å². The number of anilines is 1. The molecule has 0 heterocycles. The third-order valence-electron chi connectivity index (χ3n) is 2.99. The first-order valence-corrected chi connectivity index (χ1v) is 6.05. The highest BCUT2D eigenvalue weighted by Gasteiger charge is 2.15. The van der Waals surface area contributed by atoms with Gasteiger partial charge in [-0.3, -0.25) is 10.1 Å². The van der Waals surface area contributed by atoms with E-state index in [1.54, 1.807) is 37.4 Å². The number of hydrogen-bond donors (Lipinski definition) is 0. The summed E-state index contributed by atoms with van der Waals surface area (Å²) < 4.78 is 0. The lowest BCUT2D eigenvalue weighted by Gasteiger charge is -2.19. The summed E-state index contributed by atoms with van der Waals surface area (Å²) in [4.78, 5) is 12.4. The lowest BCUT2D eigenvalue weighted by atomic mass is 10.1. The van der Waals surface area contributed by atoms with Gasteiger partial charge in [-0.05, 0) is 23.8 Å². The van der Waals surface area contributed by atoms with E-state index in [2.05, 4.69) is 6.07 Å². The van der Waals surface area contributed by atoms with E-state index in [1.165, 1.54) is 6.07 Å². The molecule has 5 heteroatoms. The summed E-state index contributed by atoms with van der Waals surface area (Å²) in [6, 6.07) is 15.9. The first-order chi connectivity index (χ1) is 9.61. The van der Waals surface area contributed by atoms with Crippen LogP contribution in [-0.2, 0) is 6.54 Å². The maximum absolute atomic E-state index is 11.0. The molecule has 0 unspecified atom stereocenters. The molecule has 0 aliphatic heterocycles. The van der Waals surface area contributed by atoms with Crippen LogP contribution in [0.2, 0.25) is 0 Å². The van der Waals surface area contributed by atoms with Gasteiger partial charge in [0.05, 0.1) is 16.6 Å². The number of nitriles is 1. The van der Waals surface area contributed by atoms with Gasteiger partial charge in [-0.15, -0.1) is 0 Å². The molecule has 2 aromatic carbocycles. The van der Waals surface area contributed by atoms with Crippen molar-refractivity contribution in [1.29, 1.82) is 5.26 Å². The van der Waals surface area contributed by atoms with E-state index in [9.17, 15) is 10.1 Å². The Kier molecular flexibility index (Phi) is 3.96. The molecule has 0 aromatic heterocycles. The van der Waals surface area contributed by atoms with Crippen LogP contribution in [0.1, 0.15) is 11.1 Å². The highest BCUT2D eigenvalue weighted by atomic mass is 16.6. The number of hydrogen-bond acceptors (Lipinski definition) is 4. The predicted molar refractivity (Wildman–Crippen MR) is 76.4 cm³/mol. The summed E-state index contributed by atoms with van der Waals surface area (Å²) in [5.74, 6) is 0. The zero-order valence-electron chi connectivity index (χ0n) is 11.0. The molecule has 5 nitrogen and oxygen atoms in total. The highest BCUT2D eigenvalue weighted by Crippen LogP contribution is 2.27. The third kappa shape index (κ3) is 2.93. The molecule has 0 atom stereocenters. The second-order valence-electron chi connectivity index (χ2n) is 4.41. The Morgan fingerprint density at radius 2 is 1.85 bits per heavy atom. The summed E-state index contributed by atoms with van der Waals surface area (Å²) >= 11 is 0. The van der Waals surface area contributed by atoms with Crippen LogP contribution in [0.25, 0.3) is 0 Å². The average Bonchev–Trinajstić information content (AvgIpc) is 2.48. The van der Waals surface area contributed by atoms with Crippen molar-refractivity contribution in [3.8, 4) is 6.07 Å². The van der Waals surface area contributed by atoms with E-state index in [1.807, 2.05) is 17.0 Å². The van der Waals surface area contributed by atoms with Crippen molar-refractivity contribution < 1.29 is 4.92 Å². The molecule has 0 saturated heterocycles. The first-order valence-electron chi connectivity index (χ1n) is 6.05. The van der Waals surface area contributed by atoms with Gasteiger partial charge in [-0.1, -0.05) is 24.3 Å². The van der Waals surface area contributed by atoms with Crippen LogP contribution in [0.3, 0.4) is 0 Å². The van der Waals surface area contributed by atoms with Crippen LogP contribution in [0.5, 0.6) is 0 Å². The summed E-state index contributed by atoms with van der Waals surface area (Å²) in [6.07, 6.45) is 0. The monoisotopic (exact) mass is 267 g/mol. The fourth-order valence-electron chi connectivity index (χ4n) is 1.99. The second kappa shape index (κ2) is 5.85. The summed E-state index contributed by atoms with van der Waals surface area (Å²) in [7, 11) is 1.81. The Labute approximate surface area is 116 Å². The fraction of sp³-hybridized carbons (Fsp3) is 0.133. The quantitative estimate of drug-likeness (QED) is 0.630. The fourth-order valence-corrected chi connectivity index (χ4v) is 1.99. The van der Waals surface area contributed by atoms with Gasteiger partial charge >= 0.3 is 0 Å². The van der Waals surface area contributed by atoms with Gasteiger partial charge in [0, 0.05) is 19.7 Å². The van der Waals surface area contributed by atoms with Crippen LogP contribution in [0, 0.1) is 21.4 Å². The molecule has 2 aromatic rings. The molecule has 0 fully saturated rings. The lowest BCUT2D eigenvalue weighted by molar-refractivity contribution is -0.384. The average molecular weight is 267 g/mol. The molecule has 0 saturated carbocycles. The van der Waals surface area contributed by atoms with E-state index in [0.29, 0.717) is 17.8 Å². The molecule has 0 spiro atoms. The molecule has 2 rings (SSSR count). The Morgan fingerprint density at radius 1 is 1.20 bits per heavy atom. The van der Waals surface area contributed by atoms with Gasteiger partial charge < -0.3 is 4.90 Å². The Morgan fingerprint density at radius 3 is 2.45 bits per heavy atom. The van der Waals surface area contributed by atoms with Gasteiger partial charge in [0.1, 0.15) is 5.69 Å². The largest absolute Gasteiger partial charge is 0.365 e. The topological polar surface area (TPSA) is 70.2 Å². The van der Waals surface area contributed by atoms with Crippen LogP contribution >= 0.6 is 0 Å². The van der Waals surface area contributed by atoms with Crippen molar-refractivity contribution in [3.63, 3.8) is 0 Å². The van der Waals surface area contributed by atoms with E-state index >= 15 is 0 Å². The predicted octanol–water partition coefficient (Wildman–Crippen LogP) is 3.10. The molecule has 100 valence electrons. The number of nitrogens with zero attached hydrogens (tertiary/aromatic N) is 3. The molecule has 0 aliphatic rings. The summed E-state index contributed by atoms with van der Waals surface area (Å²) in [5.41, 5.74) is 2.25.